The number of amides is 2. The van der Waals surface area contributed by atoms with Crippen molar-refractivity contribution in [3.63, 3.8) is 0 Å². The van der Waals surface area contributed by atoms with Gasteiger partial charge in [-0.25, -0.2) is 4.79 Å². The van der Waals surface area contributed by atoms with E-state index in [1.54, 1.807) is 35.2 Å². The summed E-state index contributed by atoms with van der Waals surface area (Å²) in [5.41, 5.74) is -0.131. The van der Waals surface area contributed by atoms with E-state index in [0.717, 1.165) is 12.5 Å². The summed E-state index contributed by atoms with van der Waals surface area (Å²) in [5, 5.41) is 3.26. The van der Waals surface area contributed by atoms with Gasteiger partial charge in [-0.2, -0.15) is 13.2 Å². The third-order valence-electron chi connectivity index (χ3n) is 4.71. The standard InChI is InChI=1S/C21H22ClF3N2O2/c1-2-11-26-20(28)27-12-16(13-27)29-19(14-7-9-15(22)10-8-14)17-5-3-4-6-18(17)21(23,24)25/h3-10,16,19H,2,11-13H2,1H3,(H,26,28). The molecule has 1 aliphatic heterocycles. The summed E-state index contributed by atoms with van der Waals surface area (Å²) in [6.45, 7) is 3.19. The Kier molecular flexibility index (Phi) is 6.70. The molecule has 1 unspecified atom stereocenters. The Labute approximate surface area is 172 Å². The number of nitrogens with zero attached hydrogens (tertiary/aromatic N) is 1. The van der Waals surface area contributed by atoms with Gasteiger partial charge in [0.1, 0.15) is 6.10 Å². The Morgan fingerprint density at radius 2 is 1.86 bits per heavy atom. The van der Waals surface area contributed by atoms with E-state index in [4.69, 9.17) is 16.3 Å². The minimum atomic E-state index is -4.50. The molecule has 0 bridgehead atoms. The van der Waals surface area contributed by atoms with Crippen LogP contribution in [0.3, 0.4) is 0 Å². The predicted molar refractivity (Wildman–Crippen MR) is 105 cm³/mol. The van der Waals surface area contributed by atoms with E-state index < -0.39 is 17.8 Å². The molecule has 8 heteroatoms. The van der Waals surface area contributed by atoms with Crippen molar-refractivity contribution in [1.82, 2.24) is 10.2 Å². The van der Waals surface area contributed by atoms with Gasteiger partial charge in [0.2, 0.25) is 0 Å². The highest BCUT2D eigenvalue weighted by molar-refractivity contribution is 6.30. The topological polar surface area (TPSA) is 41.6 Å². The van der Waals surface area contributed by atoms with Crippen LogP contribution >= 0.6 is 11.6 Å². The van der Waals surface area contributed by atoms with Gasteiger partial charge in [-0.1, -0.05) is 48.9 Å². The van der Waals surface area contributed by atoms with Gasteiger partial charge in [0.25, 0.3) is 0 Å². The van der Waals surface area contributed by atoms with Crippen molar-refractivity contribution in [1.29, 1.82) is 0 Å². The lowest BCUT2D eigenvalue weighted by Gasteiger charge is -2.41. The Balaban J connectivity index is 1.82. The molecule has 0 saturated carbocycles. The molecule has 156 valence electrons. The molecule has 1 fully saturated rings. The number of carbonyl (C=O) groups is 1. The molecule has 3 rings (SSSR count). The second kappa shape index (κ2) is 9.05. The molecule has 1 atom stereocenters. The van der Waals surface area contributed by atoms with Crippen LogP contribution in [0, 0.1) is 0 Å². The highest BCUT2D eigenvalue weighted by atomic mass is 35.5. The number of alkyl halides is 3. The molecular weight excluding hydrogens is 405 g/mol. The number of nitrogens with one attached hydrogen (secondary N) is 1. The first-order valence-corrected chi connectivity index (χ1v) is 9.77. The number of rotatable bonds is 6. The number of ether oxygens (including phenoxy) is 1. The molecule has 2 aromatic carbocycles. The summed E-state index contributed by atoms with van der Waals surface area (Å²) >= 11 is 5.93. The van der Waals surface area contributed by atoms with Gasteiger partial charge in [0, 0.05) is 11.6 Å². The maximum atomic E-state index is 13.6. The largest absolute Gasteiger partial charge is 0.416 e. The molecule has 1 aliphatic rings. The summed E-state index contributed by atoms with van der Waals surface area (Å²) in [6.07, 6.45) is -4.96. The Hall–Kier alpha value is -2.25. The fourth-order valence-electron chi connectivity index (χ4n) is 3.18. The second-order valence-electron chi connectivity index (χ2n) is 6.91. The van der Waals surface area contributed by atoms with E-state index in [1.165, 1.54) is 12.1 Å². The minimum absolute atomic E-state index is 0.0382. The molecular formula is C21H22ClF3N2O2. The second-order valence-corrected chi connectivity index (χ2v) is 7.35. The summed E-state index contributed by atoms with van der Waals surface area (Å²) in [4.78, 5) is 13.6. The van der Waals surface area contributed by atoms with Gasteiger partial charge in [-0.15, -0.1) is 0 Å². The van der Waals surface area contributed by atoms with Crippen LogP contribution in [0.5, 0.6) is 0 Å². The van der Waals surface area contributed by atoms with Crippen LogP contribution in [0.2, 0.25) is 5.02 Å². The third-order valence-corrected chi connectivity index (χ3v) is 4.96. The zero-order chi connectivity index (χ0) is 21.0. The van der Waals surface area contributed by atoms with Gasteiger partial charge < -0.3 is 15.0 Å². The number of halogens is 4. The Morgan fingerprint density at radius 3 is 2.48 bits per heavy atom. The molecule has 0 aliphatic carbocycles. The SMILES string of the molecule is CCCNC(=O)N1CC(OC(c2ccc(Cl)cc2)c2ccccc2C(F)(F)F)C1. The monoisotopic (exact) mass is 426 g/mol. The van der Waals surface area contributed by atoms with Gasteiger partial charge in [-0.05, 0) is 35.7 Å². The van der Waals surface area contributed by atoms with Crippen LogP contribution in [0.4, 0.5) is 18.0 Å². The van der Waals surface area contributed by atoms with Crippen molar-refractivity contribution in [2.24, 2.45) is 0 Å². The van der Waals surface area contributed by atoms with Crippen molar-refractivity contribution in [3.05, 3.63) is 70.2 Å². The number of benzene rings is 2. The van der Waals surface area contributed by atoms with Gasteiger partial charge in [0.05, 0.1) is 24.8 Å². The summed E-state index contributed by atoms with van der Waals surface area (Å²) in [6, 6.07) is 11.7. The molecule has 2 amide bonds. The van der Waals surface area contributed by atoms with Crippen LogP contribution in [0.15, 0.2) is 48.5 Å². The van der Waals surface area contributed by atoms with Crippen molar-refractivity contribution in [2.75, 3.05) is 19.6 Å². The molecule has 0 radical (unpaired) electrons. The molecule has 4 nitrogen and oxygen atoms in total. The first-order valence-electron chi connectivity index (χ1n) is 9.39. The fraction of sp³-hybridized carbons (Fsp3) is 0.381. The lowest BCUT2D eigenvalue weighted by atomic mass is 9.95. The lowest BCUT2D eigenvalue weighted by molar-refractivity contribution is -0.140. The first kappa shape index (κ1) is 21.5. The number of carbonyl (C=O) groups excluding carboxylic acids is 1. The van der Waals surface area contributed by atoms with Gasteiger partial charge in [-0.3, -0.25) is 0 Å². The molecule has 1 heterocycles. The molecule has 0 aromatic heterocycles. The molecule has 1 saturated heterocycles. The van der Waals surface area contributed by atoms with Crippen molar-refractivity contribution >= 4 is 17.6 Å². The van der Waals surface area contributed by atoms with Gasteiger partial charge >= 0.3 is 12.2 Å². The predicted octanol–water partition coefficient (Wildman–Crippen LogP) is 5.27. The van der Waals surface area contributed by atoms with E-state index in [9.17, 15) is 18.0 Å². The maximum absolute atomic E-state index is 13.6. The zero-order valence-corrected chi connectivity index (χ0v) is 16.6. The van der Waals surface area contributed by atoms with Crippen LogP contribution in [0.25, 0.3) is 0 Å². The molecule has 0 spiro atoms. The molecule has 2 aromatic rings. The van der Waals surface area contributed by atoms with Crippen molar-refractivity contribution in [2.45, 2.75) is 31.7 Å². The minimum Gasteiger partial charge on any atom is -0.362 e. The quantitative estimate of drug-likeness (QED) is 0.683. The Morgan fingerprint density at radius 1 is 1.21 bits per heavy atom. The summed E-state index contributed by atoms with van der Waals surface area (Å²) in [5.74, 6) is 0. The molecule has 1 N–H and O–H groups in total. The lowest BCUT2D eigenvalue weighted by Crippen LogP contribution is -2.58. The zero-order valence-electron chi connectivity index (χ0n) is 15.9. The summed E-state index contributed by atoms with van der Waals surface area (Å²) < 4.78 is 46.8. The molecule has 29 heavy (non-hydrogen) atoms. The number of hydrogen-bond donors (Lipinski definition) is 1. The van der Waals surface area contributed by atoms with Crippen molar-refractivity contribution in [3.8, 4) is 0 Å². The average Bonchev–Trinajstić information content (AvgIpc) is 2.65. The smallest absolute Gasteiger partial charge is 0.362 e. The van der Waals surface area contributed by atoms with Gasteiger partial charge in [0.15, 0.2) is 0 Å². The van der Waals surface area contributed by atoms with Crippen LogP contribution in [-0.2, 0) is 10.9 Å². The number of hydrogen-bond acceptors (Lipinski definition) is 2. The third kappa shape index (κ3) is 5.22. The van der Waals surface area contributed by atoms with E-state index in [-0.39, 0.29) is 17.7 Å². The fourth-order valence-corrected chi connectivity index (χ4v) is 3.31. The highest BCUT2D eigenvalue weighted by Crippen LogP contribution is 2.39. The number of urea groups is 1. The van der Waals surface area contributed by atoms with E-state index in [1.807, 2.05) is 6.92 Å². The van der Waals surface area contributed by atoms with E-state index >= 15 is 0 Å². The van der Waals surface area contributed by atoms with Crippen LogP contribution in [0.1, 0.15) is 36.1 Å². The average molecular weight is 427 g/mol. The Bertz CT molecular complexity index is 837. The maximum Gasteiger partial charge on any atom is 0.416 e. The van der Waals surface area contributed by atoms with E-state index in [2.05, 4.69) is 5.32 Å². The van der Waals surface area contributed by atoms with Crippen LogP contribution < -0.4 is 5.32 Å². The van der Waals surface area contributed by atoms with E-state index in [0.29, 0.717) is 30.2 Å². The highest BCUT2D eigenvalue weighted by Gasteiger charge is 2.38. The van der Waals surface area contributed by atoms with Crippen LogP contribution in [-0.4, -0.2) is 36.7 Å². The number of likely N-dealkylation sites (tertiary alicyclic amines) is 1. The van der Waals surface area contributed by atoms with Crippen molar-refractivity contribution < 1.29 is 22.7 Å². The first-order chi connectivity index (χ1) is 13.8. The normalized spacial score (nSPS) is 15.7. The summed E-state index contributed by atoms with van der Waals surface area (Å²) in [7, 11) is 0.